The second kappa shape index (κ2) is 6.24. The van der Waals surface area contributed by atoms with Crippen LogP contribution in [0.3, 0.4) is 0 Å². The van der Waals surface area contributed by atoms with E-state index in [1.54, 1.807) is 29.1 Å². The third-order valence-electron chi connectivity index (χ3n) is 4.19. The van der Waals surface area contributed by atoms with Gasteiger partial charge < -0.3 is 5.32 Å². The van der Waals surface area contributed by atoms with Crippen molar-refractivity contribution in [2.75, 3.05) is 5.32 Å². The Labute approximate surface area is 151 Å². The number of rotatable bonds is 4. The van der Waals surface area contributed by atoms with E-state index < -0.39 is 23.2 Å². The topological polar surface area (TPSA) is 72.7 Å². The van der Waals surface area contributed by atoms with E-state index in [-0.39, 0.29) is 5.69 Å². The highest BCUT2D eigenvalue weighted by Gasteiger charge is 2.29. The summed E-state index contributed by atoms with van der Waals surface area (Å²) in [5.41, 5.74) is 0.982. The molecule has 0 atom stereocenters. The van der Waals surface area contributed by atoms with E-state index in [0.717, 1.165) is 40.8 Å². The van der Waals surface area contributed by atoms with Gasteiger partial charge in [-0.2, -0.15) is 5.10 Å². The molecule has 6 nitrogen and oxygen atoms in total. The first kappa shape index (κ1) is 16.8. The van der Waals surface area contributed by atoms with Crippen molar-refractivity contribution >= 4 is 22.9 Å². The van der Waals surface area contributed by atoms with Crippen LogP contribution in [0.15, 0.2) is 18.5 Å². The number of thiazole rings is 1. The van der Waals surface area contributed by atoms with E-state index in [1.807, 2.05) is 6.92 Å². The van der Waals surface area contributed by atoms with E-state index in [2.05, 4.69) is 20.4 Å². The molecule has 3 heterocycles. The summed E-state index contributed by atoms with van der Waals surface area (Å²) in [5.74, 6) is -2.05. The van der Waals surface area contributed by atoms with Gasteiger partial charge in [-0.25, -0.2) is 13.8 Å². The van der Waals surface area contributed by atoms with Crippen molar-refractivity contribution in [1.29, 1.82) is 0 Å². The molecule has 0 bridgehead atoms. The Morgan fingerprint density at radius 1 is 1.31 bits per heavy atom. The molecule has 0 saturated heterocycles. The third kappa shape index (κ3) is 2.98. The van der Waals surface area contributed by atoms with Crippen molar-refractivity contribution in [3.8, 4) is 11.4 Å². The fraction of sp³-hybridized carbons (Fsp3) is 0.294. The predicted molar refractivity (Wildman–Crippen MR) is 93.1 cm³/mol. The van der Waals surface area contributed by atoms with Gasteiger partial charge in [0.1, 0.15) is 11.4 Å². The monoisotopic (exact) mass is 375 g/mol. The lowest BCUT2D eigenvalue weighted by atomic mass is 10.2. The Hall–Kier alpha value is -2.68. The molecule has 3 aromatic rings. The maximum absolute atomic E-state index is 13.7. The summed E-state index contributed by atoms with van der Waals surface area (Å²) in [6.45, 7) is 1.98. The standard InChI is InChI=1S/C17H15F2N5OS/c1-8-14(22-17(26-8)9-3-4-9)13-5-12(23-24(13)2)16(25)21-15-10(18)6-20-7-11(15)19/h5-7,9H,3-4H2,1-2H3,(H,20,21,25). The lowest BCUT2D eigenvalue weighted by molar-refractivity contribution is 0.102. The fourth-order valence-corrected chi connectivity index (χ4v) is 3.77. The molecule has 0 aromatic carbocycles. The molecule has 1 N–H and O–H groups in total. The average Bonchev–Trinajstić information content (AvgIpc) is 3.27. The zero-order chi connectivity index (χ0) is 18.4. The zero-order valence-corrected chi connectivity index (χ0v) is 14.9. The molecule has 0 unspecified atom stereocenters. The van der Waals surface area contributed by atoms with Gasteiger partial charge in [0.25, 0.3) is 5.91 Å². The zero-order valence-electron chi connectivity index (χ0n) is 14.1. The van der Waals surface area contributed by atoms with Crippen LogP contribution in [0.25, 0.3) is 11.4 Å². The maximum atomic E-state index is 13.7. The minimum Gasteiger partial charge on any atom is -0.316 e. The molecule has 0 aliphatic heterocycles. The summed E-state index contributed by atoms with van der Waals surface area (Å²) in [6, 6.07) is 1.57. The van der Waals surface area contributed by atoms with Crippen LogP contribution in [0.4, 0.5) is 14.5 Å². The van der Waals surface area contributed by atoms with E-state index in [1.165, 1.54) is 0 Å². The number of nitrogens with zero attached hydrogens (tertiary/aromatic N) is 4. The van der Waals surface area contributed by atoms with Gasteiger partial charge in [0.15, 0.2) is 17.3 Å². The minimum atomic E-state index is -0.945. The molecule has 4 rings (SSSR count). The molecule has 1 fully saturated rings. The van der Waals surface area contributed by atoms with Gasteiger partial charge in [0.05, 0.1) is 23.1 Å². The Kier molecular flexibility index (Phi) is 4.03. The molecule has 1 aliphatic rings. The van der Waals surface area contributed by atoms with Gasteiger partial charge in [0.2, 0.25) is 0 Å². The van der Waals surface area contributed by atoms with Crippen molar-refractivity contribution in [3.05, 3.63) is 45.7 Å². The van der Waals surface area contributed by atoms with E-state index in [0.29, 0.717) is 11.6 Å². The molecule has 26 heavy (non-hydrogen) atoms. The number of nitrogens with one attached hydrogen (secondary N) is 1. The number of aromatic nitrogens is 4. The second-order valence-electron chi connectivity index (χ2n) is 6.20. The number of hydrogen-bond acceptors (Lipinski definition) is 5. The highest BCUT2D eigenvalue weighted by Crippen LogP contribution is 2.44. The number of pyridine rings is 1. The molecular formula is C17H15F2N5OS. The number of halogens is 2. The first-order valence-electron chi connectivity index (χ1n) is 8.06. The molecule has 0 spiro atoms. The van der Waals surface area contributed by atoms with Crippen LogP contribution in [0, 0.1) is 18.6 Å². The fourth-order valence-electron chi connectivity index (χ4n) is 2.67. The average molecular weight is 375 g/mol. The van der Waals surface area contributed by atoms with Gasteiger partial charge in [0, 0.05) is 17.8 Å². The maximum Gasteiger partial charge on any atom is 0.276 e. The molecule has 1 aliphatic carbocycles. The van der Waals surface area contributed by atoms with E-state index in [9.17, 15) is 13.6 Å². The third-order valence-corrected chi connectivity index (χ3v) is 5.32. The van der Waals surface area contributed by atoms with Gasteiger partial charge >= 0.3 is 0 Å². The van der Waals surface area contributed by atoms with Crippen molar-refractivity contribution in [1.82, 2.24) is 19.7 Å². The highest BCUT2D eigenvalue weighted by molar-refractivity contribution is 7.12. The summed E-state index contributed by atoms with van der Waals surface area (Å²) in [7, 11) is 1.70. The first-order chi connectivity index (χ1) is 12.4. The Balaban J connectivity index is 1.63. The largest absolute Gasteiger partial charge is 0.316 e. The normalized spacial score (nSPS) is 13.8. The van der Waals surface area contributed by atoms with Crippen LogP contribution in [0.2, 0.25) is 0 Å². The summed E-state index contributed by atoms with van der Waals surface area (Å²) < 4.78 is 28.9. The van der Waals surface area contributed by atoms with Crippen molar-refractivity contribution in [2.24, 2.45) is 7.05 Å². The molecule has 0 radical (unpaired) electrons. The summed E-state index contributed by atoms with van der Waals surface area (Å²) in [5, 5.41) is 7.48. The predicted octanol–water partition coefficient (Wildman–Crippen LogP) is 3.65. The highest BCUT2D eigenvalue weighted by atomic mass is 32.1. The van der Waals surface area contributed by atoms with Crippen molar-refractivity contribution in [2.45, 2.75) is 25.7 Å². The smallest absolute Gasteiger partial charge is 0.276 e. The summed E-state index contributed by atoms with van der Waals surface area (Å²) in [4.78, 5) is 21.5. The van der Waals surface area contributed by atoms with Gasteiger partial charge in [-0.15, -0.1) is 11.3 Å². The van der Waals surface area contributed by atoms with Gasteiger partial charge in [-0.3, -0.25) is 14.5 Å². The Morgan fingerprint density at radius 2 is 2.00 bits per heavy atom. The quantitative estimate of drug-likeness (QED) is 0.755. The number of aryl methyl sites for hydroxylation is 2. The van der Waals surface area contributed by atoms with Crippen molar-refractivity contribution < 1.29 is 13.6 Å². The Morgan fingerprint density at radius 3 is 2.65 bits per heavy atom. The molecule has 9 heteroatoms. The van der Waals surface area contributed by atoms with E-state index >= 15 is 0 Å². The molecule has 1 amide bonds. The number of anilines is 1. The number of amides is 1. The summed E-state index contributed by atoms with van der Waals surface area (Å²) in [6.07, 6.45) is 3.99. The van der Waals surface area contributed by atoms with Crippen LogP contribution < -0.4 is 5.32 Å². The van der Waals surface area contributed by atoms with Crippen LogP contribution in [-0.2, 0) is 7.05 Å². The minimum absolute atomic E-state index is 0.0542. The molecule has 3 aromatic heterocycles. The van der Waals surface area contributed by atoms with Crippen LogP contribution >= 0.6 is 11.3 Å². The van der Waals surface area contributed by atoms with Crippen molar-refractivity contribution in [3.63, 3.8) is 0 Å². The SMILES string of the molecule is Cc1sc(C2CC2)nc1-c1cc(C(=O)Nc2c(F)cncc2F)nn1C. The second-order valence-corrected chi connectivity index (χ2v) is 7.44. The van der Waals surface area contributed by atoms with Gasteiger partial charge in [-0.05, 0) is 25.8 Å². The van der Waals surface area contributed by atoms with Crippen LogP contribution in [0.1, 0.15) is 39.1 Å². The number of carbonyl (C=O) groups is 1. The van der Waals surface area contributed by atoms with Crippen LogP contribution in [0.5, 0.6) is 0 Å². The molecular weight excluding hydrogens is 360 g/mol. The van der Waals surface area contributed by atoms with Gasteiger partial charge in [-0.1, -0.05) is 0 Å². The lowest BCUT2D eigenvalue weighted by Gasteiger charge is -2.04. The van der Waals surface area contributed by atoms with Crippen LogP contribution in [-0.4, -0.2) is 25.7 Å². The Bertz CT molecular complexity index is 988. The molecule has 134 valence electrons. The molecule has 1 saturated carbocycles. The summed E-state index contributed by atoms with van der Waals surface area (Å²) >= 11 is 1.65. The van der Waals surface area contributed by atoms with E-state index in [4.69, 9.17) is 0 Å². The first-order valence-corrected chi connectivity index (χ1v) is 8.87. The number of carbonyl (C=O) groups excluding carboxylic acids is 1. The lowest BCUT2D eigenvalue weighted by Crippen LogP contribution is -2.15. The number of hydrogen-bond donors (Lipinski definition) is 1.